The zero-order valence-electron chi connectivity index (χ0n) is 30.7. The van der Waals surface area contributed by atoms with Gasteiger partial charge in [0.05, 0.1) is 24.1 Å². The molecule has 0 saturated heterocycles. The van der Waals surface area contributed by atoms with E-state index in [9.17, 15) is 36.7 Å². The van der Waals surface area contributed by atoms with Crippen LogP contribution in [0.25, 0.3) is 10.9 Å². The number of benzene rings is 2. The molecule has 5 rings (SSSR count). The Kier molecular flexibility index (Phi) is 12.1. The lowest BCUT2D eigenvalue weighted by molar-refractivity contribution is -0.137. The maximum atomic E-state index is 14.7. The summed E-state index contributed by atoms with van der Waals surface area (Å²) in [6, 6.07) is 7.45. The Hall–Kier alpha value is -5.28. The summed E-state index contributed by atoms with van der Waals surface area (Å²) in [5, 5.41) is 12.5. The second-order valence-corrected chi connectivity index (χ2v) is 13.8. The van der Waals surface area contributed by atoms with Gasteiger partial charge in [0.15, 0.2) is 0 Å². The van der Waals surface area contributed by atoms with Crippen LogP contribution in [-0.2, 0) is 44.6 Å². The molecule has 4 unspecified atom stereocenters. The maximum Gasteiger partial charge on any atom is 0.418 e. The second kappa shape index (κ2) is 16.4. The van der Waals surface area contributed by atoms with Gasteiger partial charge in [-0.05, 0) is 60.0 Å². The third kappa shape index (κ3) is 8.42. The van der Waals surface area contributed by atoms with E-state index in [1.54, 1.807) is 19.9 Å². The highest BCUT2D eigenvalue weighted by Gasteiger charge is 2.47. The number of nitrogens with one attached hydrogen (secondary N) is 4. The first-order valence-corrected chi connectivity index (χ1v) is 18.0. The third-order valence-corrected chi connectivity index (χ3v) is 10.2. The van der Waals surface area contributed by atoms with Crippen molar-refractivity contribution in [1.29, 1.82) is 0 Å². The molecule has 54 heavy (non-hydrogen) atoms. The van der Waals surface area contributed by atoms with Crippen LogP contribution < -0.4 is 16.0 Å². The molecular formula is C38H44F4N6O6. The SMILES string of the molecule is CCOC(=O)c1noc([C@@H](NC(=O)C2(NC(=O)C(NC(=O)Cc3ccccc3F)C(C)CC)CCc3[nH]c4c(C(F)(F)F)cccc4c3C2)C(C)CC)n1. The number of hydrogen-bond donors (Lipinski definition) is 4. The van der Waals surface area contributed by atoms with Crippen LogP contribution in [-0.4, -0.2) is 57.0 Å². The summed E-state index contributed by atoms with van der Waals surface area (Å²) in [4.78, 5) is 61.7. The van der Waals surface area contributed by atoms with Crippen molar-refractivity contribution in [3.05, 3.63) is 82.4 Å². The van der Waals surface area contributed by atoms with Crippen molar-refractivity contribution in [2.45, 2.75) is 96.9 Å². The molecule has 4 N–H and O–H groups in total. The molecule has 16 heteroatoms. The largest absolute Gasteiger partial charge is 0.460 e. The third-order valence-electron chi connectivity index (χ3n) is 10.2. The minimum Gasteiger partial charge on any atom is -0.460 e. The van der Waals surface area contributed by atoms with Crippen molar-refractivity contribution < 1.29 is 46.0 Å². The van der Waals surface area contributed by atoms with Gasteiger partial charge < -0.3 is 30.2 Å². The number of aromatic amines is 1. The minimum atomic E-state index is -4.66. The quantitative estimate of drug-likeness (QED) is 0.0911. The van der Waals surface area contributed by atoms with Crippen LogP contribution in [0.2, 0.25) is 0 Å². The van der Waals surface area contributed by atoms with Gasteiger partial charge in [-0.3, -0.25) is 14.4 Å². The van der Waals surface area contributed by atoms with E-state index in [0.29, 0.717) is 24.1 Å². The number of fused-ring (bicyclic) bond motifs is 3. The van der Waals surface area contributed by atoms with E-state index in [-0.39, 0.29) is 66.4 Å². The highest BCUT2D eigenvalue weighted by molar-refractivity contribution is 5.97. The molecule has 3 amide bonds. The smallest absolute Gasteiger partial charge is 0.418 e. The van der Waals surface area contributed by atoms with Crippen LogP contribution >= 0.6 is 0 Å². The second-order valence-electron chi connectivity index (χ2n) is 13.8. The number of nitrogens with zero attached hydrogens (tertiary/aromatic N) is 2. The van der Waals surface area contributed by atoms with Crippen molar-refractivity contribution in [1.82, 2.24) is 31.1 Å². The van der Waals surface area contributed by atoms with Crippen LogP contribution in [0.4, 0.5) is 17.6 Å². The molecule has 2 aromatic carbocycles. The molecular weight excluding hydrogens is 712 g/mol. The lowest BCUT2D eigenvalue weighted by atomic mass is 9.78. The molecule has 2 aromatic heterocycles. The van der Waals surface area contributed by atoms with Crippen molar-refractivity contribution in [3.63, 3.8) is 0 Å². The predicted molar refractivity (Wildman–Crippen MR) is 188 cm³/mol. The predicted octanol–water partition coefficient (Wildman–Crippen LogP) is 5.91. The van der Waals surface area contributed by atoms with Gasteiger partial charge in [-0.2, -0.15) is 18.2 Å². The number of hydrogen-bond acceptors (Lipinski definition) is 8. The molecule has 12 nitrogen and oxygen atoms in total. The Balaban J connectivity index is 1.53. The molecule has 0 saturated carbocycles. The van der Waals surface area contributed by atoms with Gasteiger partial charge in [0.25, 0.3) is 5.82 Å². The number of alkyl halides is 3. The number of carbonyl (C=O) groups is 4. The maximum absolute atomic E-state index is 14.7. The number of ether oxygens (including phenoxy) is 1. The molecule has 2 heterocycles. The number of esters is 1. The number of aromatic nitrogens is 3. The van der Waals surface area contributed by atoms with Crippen LogP contribution in [0.15, 0.2) is 47.0 Å². The first kappa shape index (κ1) is 39.9. The highest BCUT2D eigenvalue weighted by Crippen LogP contribution is 2.40. The van der Waals surface area contributed by atoms with Gasteiger partial charge in [0.2, 0.25) is 23.6 Å². The summed E-state index contributed by atoms with van der Waals surface area (Å²) in [5.74, 6) is -4.62. The van der Waals surface area contributed by atoms with Gasteiger partial charge in [-0.25, -0.2) is 9.18 Å². The molecule has 0 radical (unpaired) electrons. The minimum absolute atomic E-state index is 0.0344. The Morgan fingerprint density at radius 3 is 2.39 bits per heavy atom. The molecule has 5 atom stereocenters. The van der Waals surface area contributed by atoms with E-state index in [1.807, 2.05) is 20.8 Å². The zero-order valence-corrected chi connectivity index (χ0v) is 30.7. The van der Waals surface area contributed by atoms with E-state index in [0.717, 1.165) is 6.07 Å². The average Bonchev–Trinajstić information content (AvgIpc) is 3.78. The first-order valence-electron chi connectivity index (χ1n) is 18.0. The summed E-state index contributed by atoms with van der Waals surface area (Å²) in [5.41, 5.74) is -1.70. The summed E-state index contributed by atoms with van der Waals surface area (Å²) >= 11 is 0. The fourth-order valence-corrected chi connectivity index (χ4v) is 6.72. The molecule has 290 valence electrons. The van der Waals surface area contributed by atoms with Crippen molar-refractivity contribution >= 4 is 34.6 Å². The fourth-order valence-electron chi connectivity index (χ4n) is 6.72. The lowest BCUT2D eigenvalue weighted by Crippen LogP contribution is -2.65. The van der Waals surface area contributed by atoms with Crippen molar-refractivity contribution in [3.8, 4) is 0 Å². The van der Waals surface area contributed by atoms with Crippen LogP contribution in [0, 0.1) is 17.7 Å². The van der Waals surface area contributed by atoms with E-state index >= 15 is 0 Å². The topological polar surface area (TPSA) is 168 Å². The summed E-state index contributed by atoms with van der Waals surface area (Å²) in [6.45, 7) is 8.92. The highest BCUT2D eigenvalue weighted by atomic mass is 19.4. The molecule has 1 aliphatic carbocycles. The van der Waals surface area contributed by atoms with Gasteiger partial charge in [0, 0.05) is 17.5 Å². The van der Waals surface area contributed by atoms with Crippen LogP contribution in [0.1, 0.15) is 98.8 Å². The Morgan fingerprint density at radius 1 is 1.00 bits per heavy atom. The normalized spacial score (nSPS) is 17.9. The average molecular weight is 757 g/mol. The van der Waals surface area contributed by atoms with Crippen molar-refractivity contribution in [2.75, 3.05) is 6.61 Å². The van der Waals surface area contributed by atoms with Gasteiger partial charge in [-0.15, -0.1) is 0 Å². The molecule has 4 aromatic rings. The molecule has 0 fully saturated rings. The molecule has 1 aliphatic rings. The number of para-hydroxylation sites is 1. The van der Waals surface area contributed by atoms with Gasteiger partial charge in [-0.1, -0.05) is 70.9 Å². The zero-order chi connectivity index (χ0) is 39.4. The Bertz CT molecular complexity index is 2010. The Labute approximate surface area is 309 Å². The fraction of sp³-hybridized carbons (Fsp3) is 0.474. The molecule has 0 bridgehead atoms. The van der Waals surface area contributed by atoms with E-state index < -0.39 is 64.8 Å². The Morgan fingerprint density at radius 2 is 1.72 bits per heavy atom. The van der Waals surface area contributed by atoms with Crippen LogP contribution in [0.5, 0.6) is 0 Å². The molecule has 0 spiro atoms. The van der Waals surface area contributed by atoms with E-state index in [1.165, 1.54) is 30.3 Å². The summed E-state index contributed by atoms with van der Waals surface area (Å²) in [7, 11) is 0. The summed E-state index contributed by atoms with van der Waals surface area (Å²) < 4.78 is 66.9. The summed E-state index contributed by atoms with van der Waals surface area (Å²) in [6.07, 6.45) is -4.19. The number of amides is 3. The lowest BCUT2D eigenvalue weighted by Gasteiger charge is -2.39. The van der Waals surface area contributed by atoms with E-state index in [4.69, 9.17) is 9.26 Å². The number of rotatable bonds is 14. The first-order chi connectivity index (χ1) is 25.6. The van der Waals surface area contributed by atoms with E-state index in [2.05, 4.69) is 31.1 Å². The number of aryl methyl sites for hydroxylation is 1. The van der Waals surface area contributed by atoms with Crippen molar-refractivity contribution in [2.24, 2.45) is 11.8 Å². The monoisotopic (exact) mass is 756 g/mol. The number of halogens is 4. The molecule has 0 aliphatic heterocycles. The number of carbonyl (C=O) groups excluding carboxylic acids is 4. The van der Waals surface area contributed by atoms with Crippen LogP contribution in [0.3, 0.4) is 0 Å². The number of H-pyrrole nitrogens is 1. The standard InChI is InChI=1S/C38H44F4N6O6/c1-6-20(4)29(44-28(49)18-22-12-9-10-15-26(22)39)33(50)47-37(17-16-27-24(19-37)23-13-11-14-25(31(23)43-27)38(40,41)42)36(52)45-30(21(5)7-2)34-46-32(48-54-34)35(51)53-8-3/h9-15,20-21,29-30,43H,6-8,16-19H2,1-5H3,(H,44,49)(H,45,52)(H,47,50)/t20?,21?,29?,30-,37?/m0/s1. The van der Waals surface area contributed by atoms with Gasteiger partial charge in [0.1, 0.15) is 23.4 Å². The van der Waals surface area contributed by atoms with Gasteiger partial charge >= 0.3 is 12.1 Å².